The van der Waals surface area contributed by atoms with Gasteiger partial charge in [-0.2, -0.15) is 0 Å². The van der Waals surface area contributed by atoms with E-state index in [0.717, 1.165) is 26.4 Å². The molecular formula is C35H50N4O7S2. The summed E-state index contributed by atoms with van der Waals surface area (Å²) >= 11 is 3.04. The zero-order chi connectivity index (χ0) is 35.0. The molecule has 0 spiro atoms. The second-order valence-electron chi connectivity index (χ2n) is 12.7. The third-order valence-corrected chi connectivity index (χ3v) is 11.3. The number of fused-ring (bicyclic) bond motifs is 1. The molecule has 1 aliphatic rings. The molecule has 1 saturated heterocycles. The molecule has 3 aromatic rings. The van der Waals surface area contributed by atoms with E-state index < -0.39 is 24.4 Å². The summed E-state index contributed by atoms with van der Waals surface area (Å²) in [5.41, 5.74) is 2.03. The van der Waals surface area contributed by atoms with Crippen molar-refractivity contribution in [1.29, 1.82) is 0 Å². The van der Waals surface area contributed by atoms with Crippen LogP contribution in [-0.2, 0) is 19.1 Å². The van der Waals surface area contributed by atoms with Gasteiger partial charge in [-0.15, -0.1) is 11.3 Å². The number of benzene rings is 1. The van der Waals surface area contributed by atoms with Crippen LogP contribution < -0.4 is 4.74 Å². The number of aliphatic hydroxyl groups excluding tert-OH is 2. The summed E-state index contributed by atoms with van der Waals surface area (Å²) in [6.45, 7) is 10.9. The number of aromatic nitrogens is 2. The Morgan fingerprint density at radius 2 is 1.92 bits per heavy atom. The zero-order valence-electron chi connectivity index (χ0n) is 29.0. The van der Waals surface area contributed by atoms with E-state index in [1.807, 2.05) is 29.2 Å². The van der Waals surface area contributed by atoms with Crippen LogP contribution in [0.15, 0.2) is 35.6 Å². The maximum atomic E-state index is 14.5. The SMILES string of the molecule is COc1cccc([C@@H]2[C@@H](C(C)C)CN(C(C)=O)C[C@H](OC)[C@@H](O)[C@@H](O)COCCCCN2C(=O)CSc2ncnc3sc(C)c(C)c23)c1. The minimum absolute atomic E-state index is 0.0412. The van der Waals surface area contributed by atoms with Gasteiger partial charge in [-0.25, -0.2) is 9.97 Å². The van der Waals surface area contributed by atoms with Crippen molar-refractivity contribution in [3.8, 4) is 5.75 Å². The van der Waals surface area contributed by atoms with Crippen molar-refractivity contribution in [2.75, 3.05) is 52.8 Å². The van der Waals surface area contributed by atoms with Crippen molar-refractivity contribution in [3.05, 3.63) is 46.6 Å². The number of ether oxygens (including phenoxy) is 3. The molecule has 1 aliphatic heterocycles. The number of carbonyl (C=O) groups excluding carboxylic acids is 2. The quantitative estimate of drug-likeness (QED) is 0.265. The largest absolute Gasteiger partial charge is 0.497 e. The third-order valence-electron chi connectivity index (χ3n) is 9.20. The van der Waals surface area contributed by atoms with Gasteiger partial charge in [0.2, 0.25) is 11.8 Å². The molecule has 4 rings (SSSR count). The first-order valence-electron chi connectivity index (χ1n) is 16.5. The Morgan fingerprint density at radius 1 is 1.15 bits per heavy atom. The van der Waals surface area contributed by atoms with Gasteiger partial charge in [0.05, 0.1) is 25.5 Å². The summed E-state index contributed by atoms with van der Waals surface area (Å²) in [6, 6.07) is 7.37. The number of aliphatic hydroxyl groups is 2. The van der Waals surface area contributed by atoms with Crippen molar-refractivity contribution in [2.24, 2.45) is 11.8 Å². The predicted octanol–water partition coefficient (Wildman–Crippen LogP) is 4.65. The van der Waals surface area contributed by atoms with E-state index in [9.17, 15) is 19.8 Å². The molecular weight excluding hydrogens is 653 g/mol. The molecule has 3 heterocycles. The number of thiophene rings is 1. The van der Waals surface area contributed by atoms with Crippen LogP contribution in [0.1, 0.15) is 55.7 Å². The monoisotopic (exact) mass is 702 g/mol. The van der Waals surface area contributed by atoms with Gasteiger partial charge in [-0.1, -0.05) is 37.7 Å². The Balaban J connectivity index is 1.77. The second-order valence-corrected chi connectivity index (χ2v) is 14.9. The molecule has 11 nitrogen and oxygen atoms in total. The first-order chi connectivity index (χ1) is 23.0. The first kappa shape index (κ1) is 38.0. The maximum Gasteiger partial charge on any atom is 0.233 e. The van der Waals surface area contributed by atoms with Gasteiger partial charge in [0.25, 0.3) is 0 Å². The number of aryl methyl sites for hydroxylation is 2. The summed E-state index contributed by atoms with van der Waals surface area (Å²) in [5, 5.41) is 23.4. The molecule has 2 aromatic heterocycles. The van der Waals surface area contributed by atoms with E-state index in [1.54, 1.807) is 29.7 Å². The van der Waals surface area contributed by atoms with Crippen molar-refractivity contribution < 1.29 is 34.0 Å². The number of thioether (sulfide) groups is 1. The van der Waals surface area contributed by atoms with Crippen LogP contribution in [0.3, 0.4) is 0 Å². The molecule has 48 heavy (non-hydrogen) atoms. The Bertz CT molecular complexity index is 1520. The Labute approximate surface area is 292 Å². The summed E-state index contributed by atoms with van der Waals surface area (Å²) in [4.78, 5) is 42.4. The third kappa shape index (κ3) is 9.25. The van der Waals surface area contributed by atoms with Crippen molar-refractivity contribution >= 4 is 45.1 Å². The Morgan fingerprint density at radius 3 is 2.60 bits per heavy atom. The molecule has 1 aromatic carbocycles. The van der Waals surface area contributed by atoms with Gasteiger partial charge in [-0.05, 0) is 55.9 Å². The fourth-order valence-corrected chi connectivity index (χ4v) is 8.22. The van der Waals surface area contributed by atoms with Crippen molar-refractivity contribution in [1.82, 2.24) is 19.8 Å². The van der Waals surface area contributed by atoms with E-state index in [-0.39, 0.29) is 42.6 Å². The smallest absolute Gasteiger partial charge is 0.233 e. The first-order valence-corrected chi connectivity index (χ1v) is 18.3. The standard InChI is InChI=1S/C35H50N4O7S2/c1-21(2)27-16-38(24(5)40)17-29(45-7)33(43)28(41)18-46-14-9-8-13-39(32(27)25-11-10-12-26(15-25)44-6)30(42)19-47-34-31-22(3)23(4)48-35(31)37-20-36-34/h10-12,15,20-21,27-29,32-33,41,43H,8-9,13-14,16-19H2,1-7H3/t27-,28+,29+,32-,33+/m1/s1. The number of rotatable bonds is 7. The van der Waals surface area contributed by atoms with Gasteiger partial charge >= 0.3 is 0 Å². The summed E-state index contributed by atoms with van der Waals surface area (Å²) < 4.78 is 16.9. The molecule has 0 unspecified atom stereocenters. The summed E-state index contributed by atoms with van der Waals surface area (Å²) in [7, 11) is 3.07. The van der Waals surface area contributed by atoms with Gasteiger partial charge in [0.15, 0.2) is 0 Å². The highest BCUT2D eigenvalue weighted by atomic mass is 32.2. The summed E-state index contributed by atoms with van der Waals surface area (Å²) in [6.07, 6.45) is -0.433. The van der Waals surface area contributed by atoms with Gasteiger partial charge in [0.1, 0.15) is 40.2 Å². The van der Waals surface area contributed by atoms with Gasteiger partial charge in [0, 0.05) is 56.5 Å². The second kappa shape index (κ2) is 17.7. The van der Waals surface area contributed by atoms with E-state index in [4.69, 9.17) is 14.2 Å². The molecule has 0 radical (unpaired) electrons. The van der Waals surface area contributed by atoms with Crippen LogP contribution in [0.5, 0.6) is 5.75 Å². The van der Waals surface area contributed by atoms with Crippen LogP contribution in [-0.4, -0.2) is 113 Å². The molecule has 0 aliphatic carbocycles. The average molecular weight is 703 g/mol. The van der Waals surface area contributed by atoms with Gasteiger partial charge < -0.3 is 34.2 Å². The molecule has 13 heteroatoms. The Hall–Kier alpha value is -2.81. The highest BCUT2D eigenvalue weighted by Gasteiger charge is 2.37. The lowest BCUT2D eigenvalue weighted by Crippen LogP contribution is -2.51. The molecule has 2 amide bonds. The van der Waals surface area contributed by atoms with E-state index in [1.165, 1.54) is 30.7 Å². The van der Waals surface area contributed by atoms with Crippen LogP contribution >= 0.6 is 23.1 Å². The van der Waals surface area contributed by atoms with E-state index >= 15 is 0 Å². The highest BCUT2D eigenvalue weighted by molar-refractivity contribution is 8.00. The van der Waals surface area contributed by atoms with Crippen molar-refractivity contribution in [2.45, 2.75) is 76.8 Å². The fourth-order valence-electron chi connectivity index (χ4n) is 6.21. The number of hydrogen-bond donors (Lipinski definition) is 2. The van der Waals surface area contributed by atoms with Crippen LogP contribution in [0.25, 0.3) is 10.2 Å². The highest BCUT2D eigenvalue weighted by Crippen LogP contribution is 2.38. The molecule has 1 fully saturated rings. The normalized spacial score (nSPS) is 23.6. The number of carbonyl (C=O) groups is 2. The van der Waals surface area contributed by atoms with E-state index in [0.29, 0.717) is 38.3 Å². The maximum absolute atomic E-state index is 14.5. The topological polar surface area (TPSA) is 135 Å². The molecule has 0 bridgehead atoms. The number of nitrogens with zero attached hydrogens (tertiary/aromatic N) is 4. The lowest BCUT2D eigenvalue weighted by Gasteiger charge is -2.42. The number of hydrogen-bond acceptors (Lipinski definition) is 11. The lowest BCUT2D eigenvalue weighted by molar-refractivity contribution is -0.139. The average Bonchev–Trinajstić information content (AvgIpc) is 3.37. The number of methoxy groups -OCH3 is 2. The molecule has 264 valence electrons. The van der Waals surface area contributed by atoms with Gasteiger partial charge in [-0.3, -0.25) is 9.59 Å². The minimum atomic E-state index is -1.26. The van der Waals surface area contributed by atoms with E-state index in [2.05, 4.69) is 37.7 Å². The zero-order valence-corrected chi connectivity index (χ0v) is 30.7. The van der Waals surface area contributed by atoms with Crippen molar-refractivity contribution in [3.63, 3.8) is 0 Å². The number of amides is 2. The molecule has 2 N–H and O–H groups in total. The Kier molecular flexibility index (Phi) is 14.0. The van der Waals surface area contributed by atoms with Crippen LogP contribution in [0.4, 0.5) is 0 Å². The molecule has 5 atom stereocenters. The summed E-state index contributed by atoms with van der Waals surface area (Å²) in [5.74, 6) is 0.436. The lowest BCUT2D eigenvalue weighted by atomic mass is 9.82. The van der Waals surface area contributed by atoms with Crippen LogP contribution in [0, 0.1) is 25.7 Å². The molecule has 0 saturated carbocycles. The fraction of sp³-hybridized carbons (Fsp3) is 0.600. The predicted molar refractivity (Wildman–Crippen MR) is 189 cm³/mol. The van der Waals surface area contributed by atoms with Crippen LogP contribution in [0.2, 0.25) is 0 Å². The minimum Gasteiger partial charge on any atom is -0.497 e.